The second kappa shape index (κ2) is 5.96. The minimum atomic E-state index is -0.0862. The second-order valence-electron chi connectivity index (χ2n) is 5.20. The Morgan fingerprint density at radius 3 is 2.44 bits per heavy atom. The van der Waals surface area contributed by atoms with Gasteiger partial charge in [0, 0.05) is 13.2 Å². The minimum absolute atomic E-state index is 0.0862. The summed E-state index contributed by atoms with van der Waals surface area (Å²) in [7, 11) is 3.69. The smallest absolute Gasteiger partial charge is 0.0986 e. The first-order chi connectivity index (χ1) is 7.48. The van der Waals surface area contributed by atoms with Gasteiger partial charge in [0.2, 0.25) is 0 Å². The van der Waals surface area contributed by atoms with Gasteiger partial charge in [-0.2, -0.15) is 0 Å². The molecule has 0 amide bonds. The standard InChI is InChI=1S/C12H25NO3/c1-12(2,3)16-7-6-15-10-8-9(13-4)11(10)14-5/h9-11,13H,6-8H2,1-5H3. The zero-order chi connectivity index (χ0) is 12.2. The van der Waals surface area contributed by atoms with Crippen LogP contribution >= 0.6 is 0 Å². The van der Waals surface area contributed by atoms with Crippen LogP contribution in [0.15, 0.2) is 0 Å². The number of hydrogen-bond acceptors (Lipinski definition) is 4. The zero-order valence-electron chi connectivity index (χ0n) is 11.1. The van der Waals surface area contributed by atoms with E-state index in [-0.39, 0.29) is 17.8 Å². The molecule has 0 aliphatic heterocycles. The van der Waals surface area contributed by atoms with E-state index in [0.717, 1.165) is 6.42 Å². The second-order valence-corrected chi connectivity index (χ2v) is 5.20. The largest absolute Gasteiger partial charge is 0.377 e. The van der Waals surface area contributed by atoms with Gasteiger partial charge in [-0.15, -0.1) is 0 Å². The summed E-state index contributed by atoms with van der Waals surface area (Å²) < 4.78 is 16.7. The van der Waals surface area contributed by atoms with Crippen molar-refractivity contribution in [3.63, 3.8) is 0 Å². The normalized spacial score (nSPS) is 30.2. The van der Waals surface area contributed by atoms with Crippen molar-refractivity contribution in [1.82, 2.24) is 5.32 Å². The fraction of sp³-hybridized carbons (Fsp3) is 1.00. The lowest BCUT2D eigenvalue weighted by molar-refractivity contribution is -0.145. The highest BCUT2D eigenvalue weighted by molar-refractivity contribution is 4.96. The van der Waals surface area contributed by atoms with Gasteiger partial charge in [-0.25, -0.2) is 0 Å². The van der Waals surface area contributed by atoms with Crippen LogP contribution in [-0.2, 0) is 14.2 Å². The maximum Gasteiger partial charge on any atom is 0.0986 e. The minimum Gasteiger partial charge on any atom is -0.377 e. The maximum absolute atomic E-state index is 5.72. The topological polar surface area (TPSA) is 39.7 Å². The van der Waals surface area contributed by atoms with Crippen molar-refractivity contribution < 1.29 is 14.2 Å². The van der Waals surface area contributed by atoms with Crippen molar-refractivity contribution in [1.29, 1.82) is 0 Å². The third kappa shape index (κ3) is 4.01. The Balaban J connectivity index is 2.11. The van der Waals surface area contributed by atoms with Crippen LogP contribution in [0.5, 0.6) is 0 Å². The molecule has 0 aromatic carbocycles. The molecule has 0 bridgehead atoms. The van der Waals surface area contributed by atoms with Gasteiger partial charge in [-0.1, -0.05) is 0 Å². The number of methoxy groups -OCH3 is 1. The predicted octanol–water partition coefficient (Wildman–Crippen LogP) is 1.19. The van der Waals surface area contributed by atoms with Crippen molar-refractivity contribution in [2.45, 2.75) is 51.0 Å². The Kier molecular flexibility index (Phi) is 5.18. The molecule has 0 spiro atoms. The number of rotatable bonds is 6. The zero-order valence-corrected chi connectivity index (χ0v) is 11.1. The van der Waals surface area contributed by atoms with Crippen molar-refractivity contribution in [3.8, 4) is 0 Å². The van der Waals surface area contributed by atoms with Gasteiger partial charge in [0.1, 0.15) is 0 Å². The highest BCUT2D eigenvalue weighted by Crippen LogP contribution is 2.26. The number of likely N-dealkylation sites (N-methyl/N-ethyl adjacent to an activating group) is 1. The molecule has 16 heavy (non-hydrogen) atoms. The maximum atomic E-state index is 5.72. The highest BCUT2D eigenvalue weighted by Gasteiger charge is 2.41. The molecule has 4 nitrogen and oxygen atoms in total. The Hall–Kier alpha value is -0.160. The first kappa shape index (κ1) is 13.9. The van der Waals surface area contributed by atoms with Gasteiger partial charge in [-0.3, -0.25) is 0 Å². The van der Waals surface area contributed by atoms with Crippen LogP contribution in [0.25, 0.3) is 0 Å². The van der Waals surface area contributed by atoms with Crippen molar-refractivity contribution in [3.05, 3.63) is 0 Å². The van der Waals surface area contributed by atoms with Crippen LogP contribution < -0.4 is 5.32 Å². The molecule has 0 heterocycles. The average Bonchev–Trinajstić information content (AvgIpc) is 2.14. The Bertz CT molecular complexity index is 203. The number of hydrogen-bond donors (Lipinski definition) is 1. The van der Waals surface area contributed by atoms with E-state index in [9.17, 15) is 0 Å². The summed E-state index contributed by atoms with van der Waals surface area (Å²) in [6.07, 6.45) is 1.41. The molecule has 3 unspecified atom stereocenters. The van der Waals surface area contributed by atoms with Crippen molar-refractivity contribution in [2.75, 3.05) is 27.4 Å². The molecule has 96 valence electrons. The van der Waals surface area contributed by atoms with Gasteiger partial charge in [0.25, 0.3) is 0 Å². The van der Waals surface area contributed by atoms with Crippen LogP contribution in [0, 0.1) is 0 Å². The summed E-state index contributed by atoms with van der Waals surface area (Å²) in [5.41, 5.74) is -0.0862. The fourth-order valence-corrected chi connectivity index (χ4v) is 1.89. The van der Waals surface area contributed by atoms with Gasteiger partial charge in [0.15, 0.2) is 0 Å². The van der Waals surface area contributed by atoms with Gasteiger partial charge in [-0.05, 0) is 34.2 Å². The summed E-state index contributed by atoms with van der Waals surface area (Å²) in [6.45, 7) is 7.42. The number of ether oxygens (including phenoxy) is 3. The Labute approximate surface area is 98.6 Å². The van der Waals surface area contributed by atoms with Crippen LogP contribution in [0.4, 0.5) is 0 Å². The van der Waals surface area contributed by atoms with Gasteiger partial charge < -0.3 is 19.5 Å². The third-order valence-corrected chi connectivity index (χ3v) is 2.84. The van der Waals surface area contributed by atoms with Gasteiger partial charge in [0.05, 0.1) is 31.0 Å². The summed E-state index contributed by atoms with van der Waals surface area (Å²) in [5.74, 6) is 0. The fourth-order valence-electron chi connectivity index (χ4n) is 1.89. The van der Waals surface area contributed by atoms with Crippen LogP contribution in [0.1, 0.15) is 27.2 Å². The first-order valence-electron chi connectivity index (χ1n) is 5.93. The van der Waals surface area contributed by atoms with E-state index in [1.54, 1.807) is 7.11 Å². The van der Waals surface area contributed by atoms with Gasteiger partial charge >= 0.3 is 0 Å². The molecular weight excluding hydrogens is 206 g/mol. The Morgan fingerprint density at radius 1 is 1.25 bits per heavy atom. The van der Waals surface area contributed by atoms with E-state index in [0.29, 0.717) is 19.3 Å². The van der Waals surface area contributed by atoms with Crippen molar-refractivity contribution >= 4 is 0 Å². The first-order valence-corrected chi connectivity index (χ1v) is 5.93. The van der Waals surface area contributed by atoms with Crippen LogP contribution in [-0.4, -0.2) is 51.2 Å². The molecule has 1 N–H and O–H groups in total. The third-order valence-electron chi connectivity index (χ3n) is 2.84. The van der Waals surface area contributed by atoms with E-state index < -0.39 is 0 Å². The molecule has 1 fully saturated rings. The summed E-state index contributed by atoms with van der Waals surface area (Å²) in [4.78, 5) is 0. The summed E-state index contributed by atoms with van der Waals surface area (Å²) in [6, 6.07) is 0.429. The summed E-state index contributed by atoms with van der Waals surface area (Å²) in [5, 5.41) is 3.21. The lowest BCUT2D eigenvalue weighted by Crippen LogP contribution is -2.59. The lowest BCUT2D eigenvalue weighted by Gasteiger charge is -2.43. The van der Waals surface area contributed by atoms with Crippen LogP contribution in [0.3, 0.4) is 0 Å². The molecule has 1 saturated carbocycles. The van der Waals surface area contributed by atoms with E-state index in [2.05, 4.69) is 5.32 Å². The SMILES string of the molecule is CNC1CC(OCCOC(C)(C)C)C1OC. The highest BCUT2D eigenvalue weighted by atomic mass is 16.6. The molecule has 1 aliphatic carbocycles. The predicted molar refractivity (Wildman–Crippen MR) is 63.7 cm³/mol. The number of nitrogens with one attached hydrogen (secondary N) is 1. The molecular formula is C12H25NO3. The molecule has 4 heteroatoms. The monoisotopic (exact) mass is 231 g/mol. The van der Waals surface area contributed by atoms with E-state index in [4.69, 9.17) is 14.2 Å². The van der Waals surface area contributed by atoms with Crippen molar-refractivity contribution in [2.24, 2.45) is 0 Å². The molecule has 1 rings (SSSR count). The molecule has 0 aromatic heterocycles. The lowest BCUT2D eigenvalue weighted by atomic mass is 9.85. The molecule has 3 atom stereocenters. The quantitative estimate of drug-likeness (QED) is 0.697. The average molecular weight is 231 g/mol. The van der Waals surface area contributed by atoms with Crippen LogP contribution in [0.2, 0.25) is 0 Å². The summed E-state index contributed by atoms with van der Waals surface area (Å²) >= 11 is 0. The molecule has 1 aliphatic rings. The Morgan fingerprint density at radius 2 is 1.94 bits per heavy atom. The molecule has 0 saturated heterocycles. The van der Waals surface area contributed by atoms with E-state index in [1.165, 1.54) is 0 Å². The van der Waals surface area contributed by atoms with E-state index in [1.807, 2.05) is 27.8 Å². The molecule has 0 radical (unpaired) electrons. The molecule has 0 aromatic rings. The van der Waals surface area contributed by atoms with E-state index >= 15 is 0 Å².